The third-order valence-corrected chi connectivity index (χ3v) is 3.38. The third-order valence-electron chi connectivity index (χ3n) is 2.62. The number of nitrogens with two attached hydrogens (primary N) is 1. The molecule has 1 aromatic carbocycles. The number of fused-ring (bicyclic) bond motifs is 1. The summed E-state index contributed by atoms with van der Waals surface area (Å²) < 4.78 is 0. The summed E-state index contributed by atoms with van der Waals surface area (Å²) in [6.45, 7) is 0. The normalized spacial score (nSPS) is 10.9. The summed E-state index contributed by atoms with van der Waals surface area (Å²) in [5.41, 5.74) is 8.26. The summed E-state index contributed by atoms with van der Waals surface area (Å²) in [5, 5.41) is 11.5. The summed E-state index contributed by atoms with van der Waals surface area (Å²) >= 11 is 1.44. The van der Waals surface area contributed by atoms with E-state index >= 15 is 0 Å². The van der Waals surface area contributed by atoms with Gasteiger partial charge in [0.1, 0.15) is 5.82 Å². The lowest BCUT2D eigenvalue weighted by Crippen LogP contribution is -1.94. The van der Waals surface area contributed by atoms with Crippen LogP contribution in [0.2, 0.25) is 0 Å². The number of nitrogen functional groups attached to an aromatic ring is 1. The molecule has 0 amide bonds. The molecule has 0 bridgehead atoms. The molecule has 3 rings (SSSR count). The van der Waals surface area contributed by atoms with Crippen molar-refractivity contribution < 1.29 is 9.90 Å². The minimum absolute atomic E-state index is 0.238. The van der Waals surface area contributed by atoms with Gasteiger partial charge < -0.3 is 15.8 Å². The molecular weight excluding hydrogens is 250 g/mol. The Labute approximate surface area is 106 Å². The Morgan fingerprint density at radius 2 is 2.22 bits per heavy atom. The van der Waals surface area contributed by atoms with Crippen molar-refractivity contribution in [1.82, 2.24) is 9.97 Å². The second-order valence-corrected chi connectivity index (χ2v) is 4.80. The quantitative estimate of drug-likeness (QED) is 0.659. The number of benzene rings is 1. The van der Waals surface area contributed by atoms with Gasteiger partial charge in [0.15, 0.2) is 0 Å². The van der Waals surface area contributed by atoms with Gasteiger partial charge in [-0.05, 0) is 24.3 Å². The highest BCUT2D eigenvalue weighted by Gasteiger charge is 2.09. The fraction of sp³-hybridized carbons (Fsp3) is 0. The van der Waals surface area contributed by atoms with Crippen molar-refractivity contribution in [2.75, 3.05) is 5.73 Å². The van der Waals surface area contributed by atoms with E-state index in [9.17, 15) is 4.79 Å². The Bertz CT molecular complexity index is 745. The number of nitrogens with zero attached hydrogens (tertiary/aromatic N) is 1. The summed E-state index contributed by atoms with van der Waals surface area (Å²) in [6.07, 6.45) is 0. The van der Waals surface area contributed by atoms with Gasteiger partial charge in [0.25, 0.3) is 0 Å². The van der Waals surface area contributed by atoms with Crippen molar-refractivity contribution in [1.29, 1.82) is 0 Å². The first-order valence-corrected chi connectivity index (χ1v) is 6.09. The Morgan fingerprint density at radius 3 is 2.89 bits per heavy atom. The number of aromatic amines is 1. The molecule has 0 aliphatic heterocycles. The molecule has 0 unspecified atom stereocenters. The van der Waals surface area contributed by atoms with Crippen molar-refractivity contribution >= 4 is 33.3 Å². The average molecular weight is 259 g/mol. The van der Waals surface area contributed by atoms with Gasteiger partial charge in [0.2, 0.25) is 0 Å². The number of imidazole rings is 1. The van der Waals surface area contributed by atoms with Gasteiger partial charge >= 0.3 is 5.97 Å². The molecule has 2 aromatic heterocycles. The minimum atomic E-state index is -0.951. The van der Waals surface area contributed by atoms with Crippen LogP contribution in [-0.2, 0) is 0 Å². The number of nitrogens with one attached hydrogen (secondary N) is 1. The molecule has 0 saturated carbocycles. The molecule has 0 aliphatic rings. The fourth-order valence-electron chi connectivity index (χ4n) is 1.76. The molecule has 0 aliphatic carbocycles. The summed E-state index contributed by atoms with van der Waals surface area (Å²) in [6, 6.07) is 6.64. The van der Waals surface area contributed by atoms with Gasteiger partial charge in [-0.2, -0.15) is 0 Å². The molecule has 5 nitrogen and oxygen atoms in total. The van der Waals surface area contributed by atoms with Crippen LogP contribution in [0.25, 0.3) is 22.4 Å². The van der Waals surface area contributed by atoms with Gasteiger partial charge in [-0.25, -0.2) is 9.78 Å². The number of carboxylic acid groups (broad SMARTS) is 1. The lowest BCUT2D eigenvalue weighted by Gasteiger charge is -1.92. The number of aromatic nitrogens is 2. The first-order chi connectivity index (χ1) is 8.63. The van der Waals surface area contributed by atoms with Crippen molar-refractivity contribution in [3.8, 4) is 11.4 Å². The largest absolute Gasteiger partial charge is 0.478 e. The molecule has 6 heteroatoms. The van der Waals surface area contributed by atoms with Crippen molar-refractivity contribution in [2.45, 2.75) is 0 Å². The van der Waals surface area contributed by atoms with E-state index in [1.807, 2.05) is 11.4 Å². The molecule has 18 heavy (non-hydrogen) atoms. The number of aromatic carboxylic acids is 1. The fourth-order valence-corrected chi connectivity index (χ4v) is 2.39. The van der Waals surface area contributed by atoms with Gasteiger partial charge in [-0.15, -0.1) is 11.3 Å². The lowest BCUT2D eigenvalue weighted by atomic mass is 10.2. The van der Waals surface area contributed by atoms with Gasteiger partial charge in [0, 0.05) is 10.9 Å². The second kappa shape index (κ2) is 3.85. The molecule has 0 fully saturated rings. The van der Waals surface area contributed by atoms with E-state index in [0.29, 0.717) is 11.3 Å². The zero-order valence-electron chi connectivity index (χ0n) is 9.18. The maximum absolute atomic E-state index is 10.9. The lowest BCUT2D eigenvalue weighted by molar-refractivity contribution is 0.0697. The Hall–Kier alpha value is -2.34. The number of carboxylic acids is 1. The van der Waals surface area contributed by atoms with Crippen molar-refractivity contribution in [3.05, 3.63) is 35.2 Å². The van der Waals surface area contributed by atoms with E-state index in [1.165, 1.54) is 17.4 Å². The zero-order chi connectivity index (χ0) is 12.7. The van der Waals surface area contributed by atoms with Gasteiger partial charge in [0.05, 0.1) is 21.6 Å². The highest BCUT2D eigenvalue weighted by molar-refractivity contribution is 7.14. The van der Waals surface area contributed by atoms with Crippen LogP contribution in [0.4, 0.5) is 5.00 Å². The Balaban J connectivity index is 2.13. The van der Waals surface area contributed by atoms with Crippen LogP contribution in [0.1, 0.15) is 10.4 Å². The molecule has 0 spiro atoms. The number of thiophene rings is 1. The van der Waals surface area contributed by atoms with Crippen molar-refractivity contribution in [3.63, 3.8) is 0 Å². The molecule has 2 heterocycles. The first-order valence-electron chi connectivity index (χ1n) is 5.21. The highest BCUT2D eigenvalue weighted by Crippen LogP contribution is 2.27. The Morgan fingerprint density at radius 1 is 1.39 bits per heavy atom. The highest BCUT2D eigenvalue weighted by atomic mass is 32.1. The molecule has 4 N–H and O–H groups in total. The van der Waals surface area contributed by atoms with E-state index in [0.717, 1.165) is 16.1 Å². The SMILES string of the molecule is Nc1cc(-c2nc3ccc(C(=O)O)cc3[nH]2)cs1. The van der Waals surface area contributed by atoms with E-state index in [2.05, 4.69) is 9.97 Å². The van der Waals surface area contributed by atoms with Crippen LogP contribution >= 0.6 is 11.3 Å². The second-order valence-electron chi connectivity index (χ2n) is 3.86. The number of H-pyrrole nitrogens is 1. The predicted molar refractivity (Wildman–Crippen MR) is 70.8 cm³/mol. The van der Waals surface area contributed by atoms with Crippen LogP contribution in [0.5, 0.6) is 0 Å². The zero-order valence-corrected chi connectivity index (χ0v) is 9.99. The Kier molecular flexibility index (Phi) is 2.31. The standard InChI is InChI=1S/C12H9N3O2S/c13-10-4-7(5-18-10)11-14-8-2-1-6(12(16)17)3-9(8)15-11/h1-5H,13H2,(H,14,15)(H,16,17). The summed E-state index contributed by atoms with van der Waals surface area (Å²) in [4.78, 5) is 18.4. The molecule has 0 radical (unpaired) electrons. The number of rotatable bonds is 2. The minimum Gasteiger partial charge on any atom is -0.478 e. The topological polar surface area (TPSA) is 92.0 Å². The van der Waals surface area contributed by atoms with Crippen LogP contribution in [0, 0.1) is 0 Å². The molecule has 0 atom stereocenters. The number of hydrogen-bond acceptors (Lipinski definition) is 4. The number of hydrogen-bond donors (Lipinski definition) is 3. The average Bonchev–Trinajstić information content (AvgIpc) is 2.93. The van der Waals surface area contributed by atoms with Crippen LogP contribution < -0.4 is 5.73 Å². The molecule has 0 saturated heterocycles. The monoisotopic (exact) mass is 259 g/mol. The maximum atomic E-state index is 10.9. The van der Waals surface area contributed by atoms with Crippen LogP contribution in [-0.4, -0.2) is 21.0 Å². The maximum Gasteiger partial charge on any atom is 0.335 e. The summed E-state index contributed by atoms with van der Waals surface area (Å²) in [5.74, 6) is -0.256. The van der Waals surface area contributed by atoms with Crippen LogP contribution in [0.3, 0.4) is 0 Å². The van der Waals surface area contributed by atoms with Crippen molar-refractivity contribution in [2.24, 2.45) is 0 Å². The number of anilines is 1. The van der Waals surface area contributed by atoms with E-state index in [4.69, 9.17) is 10.8 Å². The van der Waals surface area contributed by atoms with E-state index in [1.54, 1.807) is 12.1 Å². The predicted octanol–water partition coefficient (Wildman–Crippen LogP) is 2.57. The first kappa shape index (κ1) is 10.8. The van der Waals surface area contributed by atoms with E-state index in [-0.39, 0.29) is 5.56 Å². The molecule has 3 aromatic rings. The smallest absolute Gasteiger partial charge is 0.335 e. The molecular formula is C12H9N3O2S. The van der Waals surface area contributed by atoms with Gasteiger partial charge in [-0.1, -0.05) is 0 Å². The third kappa shape index (κ3) is 1.72. The molecule has 90 valence electrons. The van der Waals surface area contributed by atoms with Crippen LogP contribution in [0.15, 0.2) is 29.6 Å². The number of carbonyl (C=O) groups is 1. The summed E-state index contributed by atoms with van der Waals surface area (Å²) in [7, 11) is 0. The van der Waals surface area contributed by atoms with E-state index < -0.39 is 5.97 Å². The van der Waals surface area contributed by atoms with Gasteiger partial charge in [-0.3, -0.25) is 0 Å².